The summed E-state index contributed by atoms with van der Waals surface area (Å²) in [6.07, 6.45) is 5.39. The van der Waals surface area contributed by atoms with Crippen LogP contribution in [0, 0.1) is 17.8 Å². The lowest BCUT2D eigenvalue weighted by atomic mass is 9.84. The fourth-order valence-corrected chi connectivity index (χ4v) is 4.49. The summed E-state index contributed by atoms with van der Waals surface area (Å²) in [5, 5.41) is 3.19. The van der Waals surface area contributed by atoms with Gasteiger partial charge in [0.05, 0.1) is 0 Å². The summed E-state index contributed by atoms with van der Waals surface area (Å²) >= 11 is 0. The third kappa shape index (κ3) is 2.44. The molecule has 4 nitrogen and oxygen atoms in total. The largest absolute Gasteiger partial charge is 0.486 e. The fraction of sp³-hybridized carbons (Fsp3) is 0.611. The van der Waals surface area contributed by atoms with Gasteiger partial charge in [-0.05, 0) is 62.1 Å². The molecule has 4 atom stereocenters. The molecule has 22 heavy (non-hydrogen) atoms. The number of amides is 1. The first-order valence-corrected chi connectivity index (χ1v) is 8.41. The zero-order chi connectivity index (χ0) is 15.1. The zero-order valence-corrected chi connectivity index (χ0v) is 13.0. The van der Waals surface area contributed by atoms with Crippen LogP contribution in [0.25, 0.3) is 0 Å². The first-order chi connectivity index (χ1) is 10.7. The number of hydrogen-bond donors (Lipinski definition) is 1. The molecule has 0 unspecified atom stereocenters. The van der Waals surface area contributed by atoms with E-state index in [0.29, 0.717) is 30.4 Å². The second-order valence-corrected chi connectivity index (χ2v) is 6.96. The van der Waals surface area contributed by atoms with Crippen molar-refractivity contribution in [3.63, 3.8) is 0 Å². The summed E-state index contributed by atoms with van der Waals surface area (Å²) < 4.78 is 11.1. The van der Waals surface area contributed by atoms with Gasteiger partial charge in [0.1, 0.15) is 13.2 Å². The molecule has 0 spiro atoms. The highest BCUT2D eigenvalue weighted by Gasteiger charge is 2.42. The molecule has 3 aliphatic rings. The van der Waals surface area contributed by atoms with Gasteiger partial charge in [-0.3, -0.25) is 4.79 Å². The number of carbonyl (C=O) groups is 1. The Balaban J connectivity index is 1.43. The first kappa shape index (κ1) is 13.9. The molecular formula is C18H23NO3. The minimum absolute atomic E-state index is 0.00718. The van der Waals surface area contributed by atoms with Gasteiger partial charge in [-0.15, -0.1) is 0 Å². The Labute approximate surface area is 131 Å². The van der Waals surface area contributed by atoms with Crippen molar-refractivity contribution in [3.05, 3.63) is 23.8 Å². The molecular weight excluding hydrogens is 278 g/mol. The highest BCUT2D eigenvalue weighted by Crippen LogP contribution is 2.49. The van der Waals surface area contributed by atoms with E-state index in [0.717, 1.165) is 17.6 Å². The van der Waals surface area contributed by atoms with E-state index >= 15 is 0 Å². The lowest BCUT2D eigenvalue weighted by Crippen LogP contribution is -2.40. The van der Waals surface area contributed by atoms with E-state index in [1.165, 1.54) is 25.7 Å². The van der Waals surface area contributed by atoms with Gasteiger partial charge in [0, 0.05) is 11.6 Å². The van der Waals surface area contributed by atoms with E-state index in [-0.39, 0.29) is 11.9 Å². The van der Waals surface area contributed by atoms with Crippen LogP contribution in [0.3, 0.4) is 0 Å². The minimum atomic E-state index is -0.00718. The van der Waals surface area contributed by atoms with Gasteiger partial charge in [-0.2, -0.15) is 0 Å². The van der Waals surface area contributed by atoms with E-state index in [4.69, 9.17) is 9.47 Å². The maximum atomic E-state index is 12.5. The van der Waals surface area contributed by atoms with Gasteiger partial charge in [-0.1, -0.05) is 6.42 Å². The molecule has 2 fully saturated rings. The summed E-state index contributed by atoms with van der Waals surface area (Å²) in [5.74, 6) is 3.77. The van der Waals surface area contributed by atoms with Gasteiger partial charge in [0.2, 0.25) is 0 Å². The maximum absolute atomic E-state index is 12.5. The average molecular weight is 301 g/mol. The van der Waals surface area contributed by atoms with Gasteiger partial charge in [-0.25, -0.2) is 0 Å². The monoisotopic (exact) mass is 301 g/mol. The van der Waals surface area contributed by atoms with E-state index in [1.807, 2.05) is 12.1 Å². The summed E-state index contributed by atoms with van der Waals surface area (Å²) in [7, 11) is 0. The Morgan fingerprint density at radius 2 is 2.00 bits per heavy atom. The van der Waals surface area contributed by atoms with Crippen molar-refractivity contribution >= 4 is 5.91 Å². The molecule has 1 aromatic rings. The van der Waals surface area contributed by atoms with E-state index in [1.54, 1.807) is 6.07 Å². The molecule has 2 bridgehead atoms. The Hall–Kier alpha value is -1.71. The Morgan fingerprint density at radius 1 is 1.18 bits per heavy atom. The quantitative estimate of drug-likeness (QED) is 0.933. The molecule has 0 saturated heterocycles. The highest BCUT2D eigenvalue weighted by molar-refractivity contribution is 5.95. The molecule has 2 saturated carbocycles. The topological polar surface area (TPSA) is 47.6 Å². The van der Waals surface area contributed by atoms with E-state index < -0.39 is 0 Å². The number of rotatable bonds is 3. The van der Waals surface area contributed by atoms with Gasteiger partial charge in [0.25, 0.3) is 5.91 Å². The van der Waals surface area contributed by atoms with Crippen LogP contribution in [0.4, 0.5) is 0 Å². The Bertz CT molecular complexity index is 586. The van der Waals surface area contributed by atoms with Crippen molar-refractivity contribution in [1.82, 2.24) is 5.32 Å². The third-order valence-electron chi connectivity index (χ3n) is 5.60. The minimum Gasteiger partial charge on any atom is -0.486 e. The normalized spacial score (nSPS) is 30.1. The van der Waals surface area contributed by atoms with Crippen LogP contribution in [0.15, 0.2) is 18.2 Å². The van der Waals surface area contributed by atoms with Crippen molar-refractivity contribution in [3.8, 4) is 11.5 Å². The second-order valence-electron chi connectivity index (χ2n) is 6.96. The number of fused-ring (bicyclic) bond motifs is 3. The van der Waals surface area contributed by atoms with Crippen LogP contribution < -0.4 is 14.8 Å². The van der Waals surface area contributed by atoms with Crippen molar-refractivity contribution in [2.45, 2.75) is 38.6 Å². The van der Waals surface area contributed by atoms with Crippen molar-refractivity contribution in [1.29, 1.82) is 0 Å². The molecule has 2 aliphatic carbocycles. The molecule has 4 heteroatoms. The molecule has 1 aliphatic heterocycles. The smallest absolute Gasteiger partial charge is 0.251 e. The van der Waals surface area contributed by atoms with Crippen molar-refractivity contribution in [2.75, 3.05) is 13.2 Å². The molecule has 0 aromatic heterocycles. The first-order valence-electron chi connectivity index (χ1n) is 8.41. The number of benzene rings is 1. The lowest BCUT2D eigenvalue weighted by Gasteiger charge is -2.28. The van der Waals surface area contributed by atoms with Gasteiger partial charge >= 0.3 is 0 Å². The van der Waals surface area contributed by atoms with Crippen LogP contribution in [0.1, 0.15) is 43.0 Å². The molecule has 1 aromatic carbocycles. The number of hydrogen-bond acceptors (Lipinski definition) is 3. The third-order valence-corrected chi connectivity index (χ3v) is 5.60. The van der Waals surface area contributed by atoms with E-state index in [9.17, 15) is 4.79 Å². The van der Waals surface area contributed by atoms with Crippen LogP contribution in [0.5, 0.6) is 11.5 Å². The maximum Gasteiger partial charge on any atom is 0.251 e. The average Bonchev–Trinajstić information content (AvgIpc) is 3.17. The molecule has 4 rings (SSSR count). The molecule has 0 radical (unpaired) electrons. The predicted molar refractivity (Wildman–Crippen MR) is 83.3 cm³/mol. The van der Waals surface area contributed by atoms with Gasteiger partial charge < -0.3 is 14.8 Å². The summed E-state index contributed by atoms with van der Waals surface area (Å²) in [6, 6.07) is 5.68. The lowest BCUT2D eigenvalue weighted by molar-refractivity contribution is 0.0914. The highest BCUT2D eigenvalue weighted by atomic mass is 16.6. The number of ether oxygens (including phenoxy) is 2. The summed E-state index contributed by atoms with van der Waals surface area (Å²) in [4.78, 5) is 12.5. The summed E-state index contributed by atoms with van der Waals surface area (Å²) in [5.41, 5.74) is 0.652. The zero-order valence-electron chi connectivity index (χ0n) is 13.0. The SMILES string of the molecule is C[C@H](NC(=O)c1ccc2c(c1)OCCO2)[C@H]1C[C@H]2CC[C@H]1C2. The molecule has 1 N–H and O–H groups in total. The molecule has 1 amide bonds. The predicted octanol–water partition coefficient (Wildman–Crippen LogP) is 3.01. The molecule has 1 heterocycles. The standard InChI is InChI=1S/C18H23NO3/c1-11(15-9-12-2-3-13(15)8-12)19-18(20)14-4-5-16-17(10-14)22-7-6-21-16/h4-5,10-13,15H,2-3,6-9H2,1H3,(H,19,20)/t11-,12-,13-,15+/m0/s1. The second kappa shape index (κ2) is 5.49. The Kier molecular flexibility index (Phi) is 3.47. The Morgan fingerprint density at radius 3 is 2.73 bits per heavy atom. The number of nitrogens with one attached hydrogen (secondary N) is 1. The van der Waals surface area contributed by atoms with Crippen molar-refractivity contribution < 1.29 is 14.3 Å². The van der Waals surface area contributed by atoms with Gasteiger partial charge in [0.15, 0.2) is 11.5 Å². The fourth-order valence-electron chi connectivity index (χ4n) is 4.49. The van der Waals surface area contributed by atoms with Crippen LogP contribution in [-0.4, -0.2) is 25.2 Å². The summed E-state index contributed by atoms with van der Waals surface area (Å²) in [6.45, 7) is 3.26. The number of carbonyl (C=O) groups excluding carboxylic acids is 1. The van der Waals surface area contributed by atoms with Crippen LogP contribution in [-0.2, 0) is 0 Å². The van der Waals surface area contributed by atoms with Crippen LogP contribution in [0.2, 0.25) is 0 Å². The van der Waals surface area contributed by atoms with Crippen LogP contribution >= 0.6 is 0 Å². The van der Waals surface area contributed by atoms with Crippen molar-refractivity contribution in [2.24, 2.45) is 17.8 Å². The molecule has 118 valence electrons. The van der Waals surface area contributed by atoms with E-state index in [2.05, 4.69) is 12.2 Å².